The Kier molecular flexibility index (Phi) is 4.07. The van der Waals surface area contributed by atoms with Gasteiger partial charge in [0.1, 0.15) is 11.8 Å². The summed E-state index contributed by atoms with van der Waals surface area (Å²) in [6, 6.07) is 11.9. The second kappa shape index (κ2) is 6.55. The van der Waals surface area contributed by atoms with E-state index in [-0.39, 0.29) is 23.6 Å². The number of Topliss-reactive ketones (excluding diaryl/α,β-unsaturated/α-hetero) is 1. The van der Waals surface area contributed by atoms with Crippen molar-refractivity contribution in [2.24, 2.45) is 11.8 Å². The highest BCUT2D eigenvalue weighted by molar-refractivity contribution is 6.14. The van der Waals surface area contributed by atoms with E-state index in [1.165, 1.54) is 0 Å². The number of allylic oxidation sites excluding steroid dienone is 1. The van der Waals surface area contributed by atoms with Crippen LogP contribution in [0.5, 0.6) is 5.75 Å². The summed E-state index contributed by atoms with van der Waals surface area (Å²) < 4.78 is 5.27. The molecule has 6 heteroatoms. The Morgan fingerprint density at radius 1 is 1.03 bits per heavy atom. The lowest BCUT2D eigenvalue weighted by atomic mass is 9.85. The van der Waals surface area contributed by atoms with E-state index in [0.717, 1.165) is 22.4 Å². The largest absolute Gasteiger partial charge is 0.497 e. The predicted octanol–water partition coefficient (Wildman–Crippen LogP) is 2.75. The van der Waals surface area contributed by atoms with Crippen LogP contribution in [-0.2, 0) is 9.59 Å². The number of imide groups is 1. The van der Waals surface area contributed by atoms with Crippen molar-refractivity contribution >= 4 is 28.9 Å². The number of fused-ring (bicyclic) bond motifs is 5. The van der Waals surface area contributed by atoms with E-state index >= 15 is 0 Å². The van der Waals surface area contributed by atoms with E-state index in [9.17, 15) is 14.4 Å². The third kappa shape index (κ3) is 2.53. The van der Waals surface area contributed by atoms with Crippen LogP contribution < -0.4 is 15.0 Å². The topological polar surface area (TPSA) is 75.7 Å². The average molecular weight is 402 g/mol. The molecular weight excluding hydrogens is 380 g/mol. The zero-order valence-corrected chi connectivity index (χ0v) is 17.0. The highest BCUT2D eigenvalue weighted by atomic mass is 16.5. The monoisotopic (exact) mass is 402 g/mol. The van der Waals surface area contributed by atoms with Gasteiger partial charge in [-0.15, -0.1) is 0 Å². The van der Waals surface area contributed by atoms with Crippen LogP contribution in [-0.4, -0.2) is 36.8 Å². The molecule has 0 aromatic heterocycles. The maximum Gasteiger partial charge on any atom is 0.233 e. The number of hydrogen-bond acceptors (Lipinski definition) is 5. The number of ketones is 1. The van der Waals surface area contributed by atoms with Crippen LogP contribution in [0, 0.1) is 18.8 Å². The van der Waals surface area contributed by atoms with Gasteiger partial charge in [-0.2, -0.15) is 0 Å². The van der Waals surface area contributed by atoms with E-state index in [0.29, 0.717) is 11.3 Å². The van der Waals surface area contributed by atoms with Gasteiger partial charge >= 0.3 is 0 Å². The van der Waals surface area contributed by atoms with Crippen molar-refractivity contribution < 1.29 is 19.1 Å². The summed E-state index contributed by atoms with van der Waals surface area (Å²) >= 11 is 0. The van der Waals surface area contributed by atoms with Crippen molar-refractivity contribution in [2.45, 2.75) is 25.9 Å². The molecule has 4 atom stereocenters. The molecule has 0 saturated carbocycles. The first-order valence-corrected chi connectivity index (χ1v) is 10.0. The van der Waals surface area contributed by atoms with Crippen molar-refractivity contribution in [2.75, 3.05) is 12.0 Å². The van der Waals surface area contributed by atoms with Gasteiger partial charge in [0.15, 0.2) is 5.78 Å². The van der Waals surface area contributed by atoms with Crippen LogP contribution in [0.3, 0.4) is 0 Å². The van der Waals surface area contributed by atoms with Crippen molar-refractivity contribution in [3.8, 4) is 5.75 Å². The summed E-state index contributed by atoms with van der Waals surface area (Å²) in [6.45, 7) is 4.03. The number of nitrogens with zero attached hydrogens (tertiary/aromatic N) is 1. The molecule has 0 bridgehead atoms. The van der Waals surface area contributed by atoms with Gasteiger partial charge in [0.2, 0.25) is 11.8 Å². The first-order valence-electron chi connectivity index (χ1n) is 10.0. The van der Waals surface area contributed by atoms with E-state index < -0.39 is 17.9 Å². The lowest BCUT2D eigenvalue weighted by molar-refractivity contribution is -0.126. The number of carbonyl (C=O) groups is 3. The maximum absolute atomic E-state index is 13.7. The Bertz CT molecular complexity index is 1140. The lowest BCUT2D eigenvalue weighted by Crippen LogP contribution is -2.48. The molecule has 2 saturated heterocycles. The standard InChI is InChI=1S/C24H22N2O4/c1-12-7-8-17-16(9-12)13(2)10-18-19-20(24(29)25-23(19)28)21(26(17)18)22(27)14-5-4-6-15(11-14)30-3/h4-11,18-21H,1-3H3,(H,25,28,29)/t18-,19-,20-,21-/m1/s1. The quantitative estimate of drug-likeness (QED) is 0.631. The molecule has 0 aliphatic carbocycles. The van der Waals surface area contributed by atoms with Crippen molar-refractivity contribution in [1.82, 2.24) is 5.32 Å². The first-order chi connectivity index (χ1) is 14.4. The van der Waals surface area contributed by atoms with E-state index in [4.69, 9.17) is 4.74 Å². The third-order valence-corrected chi connectivity index (χ3v) is 6.47. The predicted molar refractivity (Wildman–Crippen MR) is 112 cm³/mol. The number of anilines is 1. The minimum Gasteiger partial charge on any atom is -0.497 e. The van der Waals surface area contributed by atoms with Gasteiger partial charge in [0.05, 0.1) is 25.0 Å². The van der Waals surface area contributed by atoms with Crippen molar-refractivity contribution in [3.63, 3.8) is 0 Å². The Hall–Kier alpha value is -3.41. The smallest absolute Gasteiger partial charge is 0.233 e. The summed E-state index contributed by atoms with van der Waals surface area (Å²) in [5.74, 6) is -1.60. The molecule has 2 fully saturated rings. The van der Waals surface area contributed by atoms with Crippen molar-refractivity contribution in [1.29, 1.82) is 0 Å². The summed E-state index contributed by atoms with van der Waals surface area (Å²) in [5.41, 5.74) is 4.55. The van der Waals surface area contributed by atoms with Crippen LogP contribution in [0.1, 0.15) is 28.4 Å². The number of rotatable bonds is 3. The molecule has 30 heavy (non-hydrogen) atoms. The Balaban J connectivity index is 1.68. The molecule has 2 amide bonds. The summed E-state index contributed by atoms with van der Waals surface area (Å²) in [7, 11) is 1.55. The molecule has 6 nitrogen and oxygen atoms in total. The number of ether oxygens (including phenoxy) is 1. The van der Waals surface area contributed by atoms with Gasteiger partial charge in [0.25, 0.3) is 0 Å². The van der Waals surface area contributed by atoms with Gasteiger partial charge in [-0.3, -0.25) is 19.7 Å². The summed E-state index contributed by atoms with van der Waals surface area (Å²) in [5, 5.41) is 2.45. The fraction of sp³-hybridized carbons (Fsp3) is 0.292. The number of carbonyl (C=O) groups excluding carboxylic acids is 3. The van der Waals surface area contributed by atoms with Crippen molar-refractivity contribution in [3.05, 3.63) is 65.2 Å². The minimum atomic E-state index is -0.760. The number of aryl methyl sites for hydroxylation is 1. The van der Waals surface area contributed by atoms with Crippen LogP contribution in [0.2, 0.25) is 0 Å². The van der Waals surface area contributed by atoms with E-state index in [1.807, 2.05) is 37.0 Å². The Morgan fingerprint density at radius 3 is 2.57 bits per heavy atom. The van der Waals surface area contributed by atoms with Crippen LogP contribution in [0.15, 0.2) is 48.5 Å². The van der Waals surface area contributed by atoms with E-state index in [2.05, 4.69) is 11.4 Å². The SMILES string of the molecule is COc1cccc(C(=O)[C@H]2[C@@H]3C(=O)NC(=O)[C@@H]3[C@H]3C=C(C)c4cc(C)ccc4N32)c1. The van der Waals surface area contributed by atoms with E-state index in [1.54, 1.807) is 31.4 Å². The van der Waals surface area contributed by atoms with Crippen LogP contribution in [0.4, 0.5) is 5.69 Å². The first kappa shape index (κ1) is 18.6. The molecule has 0 unspecified atom stereocenters. The number of benzene rings is 2. The van der Waals surface area contributed by atoms with Gasteiger partial charge < -0.3 is 9.64 Å². The molecule has 2 aromatic carbocycles. The molecular formula is C24H22N2O4. The zero-order valence-electron chi connectivity index (χ0n) is 17.0. The molecule has 3 aliphatic rings. The zero-order chi connectivity index (χ0) is 21.2. The molecule has 152 valence electrons. The number of hydrogen-bond donors (Lipinski definition) is 1. The van der Waals surface area contributed by atoms with Crippen LogP contribution in [0.25, 0.3) is 5.57 Å². The molecule has 3 heterocycles. The minimum absolute atomic E-state index is 0.185. The molecule has 3 aliphatic heterocycles. The number of nitrogens with one attached hydrogen (secondary N) is 1. The number of methoxy groups -OCH3 is 1. The van der Waals surface area contributed by atoms with Gasteiger partial charge in [0, 0.05) is 16.8 Å². The fourth-order valence-corrected chi connectivity index (χ4v) is 5.12. The average Bonchev–Trinajstić information content (AvgIpc) is 3.23. The second-order valence-corrected chi connectivity index (χ2v) is 8.21. The summed E-state index contributed by atoms with van der Waals surface area (Å²) in [6.07, 6.45) is 2.02. The molecule has 0 spiro atoms. The normalized spacial score (nSPS) is 26.5. The second-order valence-electron chi connectivity index (χ2n) is 8.21. The third-order valence-electron chi connectivity index (χ3n) is 6.47. The fourth-order valence-electron chi connectivity index (χ4n) is 5.12. The molecule has 0 radical (unpaired) electrons. The van der Waals surface area contributed by atoms with Gasteiger partial charge in [-0.1, -0.05) is 29.8 Å². The Labute approximate surface area is 174 Å². The highest BCUT2D eigenvalue weighted by Gasteiger charge is 2.61. The van der Waals surface area contributed by atoms with Gasteiger partial charge in [-0.25, -0.2) is 0 Å². The molecule has 1 N–H and O–H groups in total. The lowest BCUT2D eigenvalue weighted by Gasteiger charge is -2.37. The van der Waals surface area contributed by atoms with Crippen LogP contribution >= 0.6 is 0 Å². The molecule has 2 aromatic rings. The maximum atomic E-state index is 13.7. The highest BCUT2D eigenvalue weighted by Crippen LogP contribution is 2.48. The number of amides is 2. The van der Waals surface area contributed by atoms with Gasteiger partial charge in [-0.05, 0) is 43.7 Å². The summed E-state index contributed by atoms with van der Waals surface area (Å²) in [4.78, 5) is 41.1. The molecule has 5 rings (SSSR count). The Morgan fingerprint density at radius 2 is 1.80 bits per heavy atom.